The molecule has 20 heavy (non-hydrogen) atoms. The Bertz CT molecular complexity index is 459. The summed E-state index contributed by atoms with van der Waals surface area (Å²) in [5.41, 5.74) is 0.895. The van der Waals surface area contributed by atoms with Crippen LogP contribution in [-0.4, -0.2) is 23.7 Å². The third kappa shape index (κ3) is 2.73. The predicted octanol–water partition coefficient (Wildman–Crippen LogP) is 2.39. The van der Waals surface area contributed by atoms with Crippen molar-refractivity contribution in [2.24, 2.45) is 5.92 Å². The van der Waals surface area contributed by atoms with Gasteiger partial charge in [-0.3, -0.25) is 4.79 Å². The Balaban J connectivity index is 1.55. The second kappa shape index (κ2) is 5.57. The number of rotatable bonds is 4. The highest BCUT2D eigenvalue weighted by molar-refractivity contribution is 5.91. The number of nitrogens with one attached hydrogen (secondary N) is 1. The van der Waals surface area contributed by atoms with Gasteiger partial charge < -0.3 is 10.4 Å². The zero-order valence-electron chi connectivity index (χ0n) is 11.8. The summed E-state index contributed by atoms with van der Waals surface area (Å²) in [4.78, 5) is 12.5. The normalized spacial score (nSPS) is 27.9. The monoisotopic (exact) mass is 273 g/mol. The largest absolute Gasteiger partial charge is 0.393 e. The van der Waals surface area contributed by atoms with E-state index in [4.69, 9.17) is 0 Å². The summed E-state index contributed by atoms with van der Waals surface area (Å²) < 4.78 is 0. The molecule has 2 aliphatic rings. The van der Waals surface area contributed by atoms with E-state index in [1.807, 2.05) is 18.2 Å². The van der Waals surface area contributed by atoms with Gasteiger partial charge in [-0.2, -0.15) is 0 Å². The molecule has 2 fully saturated rings. The van der Waals surface area contributed by atoms with Crippen LogP contribution in [0.2, 0.25) is 0 Å². The van der Waals surface area contributed by atoms with Crippen LogP contribution in [0.25, 0.3) is 0 Å². The molecule has 1 amide bonds. The second-order valence-electron chi connectivity index (χ2n) is 6.33. The molecule has 1 aromatic carbocycles. The molecule has 0 bridgehead atoms. The molecule has 0 spiro atoms. The smallest absolute Gasteiger partial charge is 0.230 e. The van der Waals surface area contributed by atoms with Gasteiger partial charge in [0, 0.05) is 6.54 Å². The van der Waals surface area contributed by atoms with Crippen molar-refractivity contribution in [1.29, 1.82) is 0 Å². The number of hydrogen-bond donors (Lipinski definition) is 2. The van der Waals surface area contributed by atoms with Gasteiger partial charge in [0.25, 0.3) is 0 Å². The van der Waals surface area contributed by atoms with E-state index in [0.29, 0.717) is 5.92 Å². The Morgan fingerprint density at radius 1 is 1.15 bits per heavy atom. The summed E-state index contributed by atoms with van der Waals surface area (Å²) in [5.74, 6) is 0.726. The van der Waals surface area contributed by atoms with Gasteiger partial charge >= 0.3 is 0 Å². The number of carbonyl (C=O) groups excluding carboxylic acids is 1. The average molecular weight is 273 g/mol. The van der Waals surface area contributed by atoms with E-state index in [0.717, 1.165) is 50.6 Å². The number of benzene rings is 1. The maximum absolute atomic E-state index is 12.5. The van der Waals surface area contributed by atoms with Crippen molar-refractivity contribution in [1.82, 2.24) is 5.32 Å². The Morgan fingerprint density at radius 3 is 2.40 bits per heavy atom. The minimum Gasteiger partial charge on any atom is -0.393 e. The summed E-state index contributed by atoms with van der Waals surface area (Å²) >= 11 is 0. The van der Waals surface area contributed by atoms with Gasteiger partial charge in [-0.15, -0.1) is 0 Å². The minimum atomic E-state index is -0.255. The van der Waals surface area contributed by atoms with Crippen molar-refractivity contribution >= 4 is 5.91 Å². The van der Waals surface area contributed by atoms with Gasteiger partial charge in [0.2, 0.25) is 5.91 Å². The molecular formula is C17H23NO2. The maximum Gasteiger partial charge on any atom is 0.230 e. The average Bonchev–Trinajstić information content (AvgIpc) is 3.29. The van der Waals surface area contributed by atoms with Crippen LogP contribution in [0.4, 0.5) is 0 Å². The van der Waals surface area contributed by atoms with Crippen molar-refractivity contribution in [2.45, 2.75) is 50.0 Å². The zero-order valence-corrected chi connectivity index (χ0v) is 11.8. The molecular weight excluding hydrogens is 250 g/mol. The third-order valence-electron chi connectivity index (χ3n) is 4.88. The number of amides is 1. The van der Waals surface area contributed by atoms with Crippen molar-refractivity contribution in [2.75, 3.05) is 6.54 Å². The SMILES string of the molecule is O=C(NCC1CCC(O)CC1)C1(c2ccccc2)CC1. The predicted molar refractivity (Wildman–Crippen MR) is 78.3 cm³/mol. The van der Waals surface area contributed by atoms with E-state index in [9.17, 15) is 9.90 Å². The lowest BCUT2D eigenvalue weighted by Gasteiger charge is -2.26. The fourth-order valence-electron chi connectivity index (χ4n) is 3.28. The van der Waals surface area contributed by atoms with Gasteiger partial charge in [0.05, 0.1) is 11.5 Å². The molecule has 0 atom stereocenters. The van der Waals surface area contributed by atoms with E-state index in [1.54, 1.807) is 0 Å². The summed E-state index contributed by atoms with van der Waals surface area (Å²) in [5, 5.41) is 12.7. The van der Waals surface area contributed by atoms with E-state index >= 15 is 0 Å². The van der Waals surface area contributed by atoms with Gasteiger partial charge in [0.1, 0.15) is 0 Å². The number of aliphatic hydroxyl groups excluding tert-OH is 1. The van der Waals surface area contributed by atoms with Crippen LogP contribution in [0.3, 0.4) is 0 Å². The van der Waals surface area contributed by atoms with Crippen molar-refractivity contribution in [3.8, 4) is 0 Å². The Morgan fingerprint density at radius 2 is 1.80 bits per heavy atom. The molecule has 1 aromatic rings. The highest BCUT2D eigenvalue weighted by Crippen LogP contribution is 2.48. The number of hydrogen-bond acceptors (Lipinski definition) is 2. The quantitative estimate of drug-likeness (QED) is 0.885. The second-order valence-corrected chi connectivity index (χ2v) is 6.33. The molecule has 0 saturated heterocycles. The van der Waals surface area contributed by atoms with Crippen LogP contribution >= 0.6 is 0 Å². The molecule has 3 heteroatoms. The standard InChI is InChI=1S/C17H23NO2/c19-15-8-6-13(7-9-15)12-18-16(20)17(10-11-17)14-4-2-1-3-5-14/h1-5,13,15,19H,6-12H2,(H,18,20). The lowest BCUT2D eigenvalue weighted by Crippen LogP contribution is -2.38. The molecule has 0 radical (unpaired) electrons. The van der Waals surface area contributed by atoms with E-state index in [1.165, 1.54) is 0 Å². The molecule has 0 aliphatic heterocycles. The molecule has 2 N–H and O–H groups in total. The molecule has 3 rings (SSSR count). The van der Waals surface area contributed by atoms with Crippen LogP contribution in [0.15, 0.2) is 30.3 Å². The van der Waals surface area contributed by atoms with Crippen molar-refractivity contribution < 1.29 is 9.90 Å². The first-order chi connectivity index (χ1) is 9.71. The minimum absolute atomic E-state index is 0.124. The Kier molecular flexibility index (Phi) is 3.79. The fraction of sp³-hybridized carbons (Fsp3) is 0.588. The van der Waals surface area contributed by atoms with Crippen molar-refractivity contribution in [3.05, 3.63) is 35.9 Å². The Labute approximate surface area is 120 Å². The van der Waals surface area contributed by atoms with Gasteiger partial charge in [-0.25, -0.2) is 0 Å². The van der Waals surface area contributed by atoms with Gasteiger partial charge in [-0.05, 0) is 50.0 Å². The van der Waals surface area contributed by atoms with Gasteiger partial charge in [-0.1, -0.05) is 30.3 Å². The molecule has 0 unspecified atom stereocenters. The van der Waals surface area contributed by atoms with E-state index in [-0.39, 0.29) is 17.4 Å². The molecule has 0 heterocycles. The van der Waals surface area contributed by atoms with E-state index in [2.05, 4.69) is 17.4 Å². The van der Waals surface area contributed by atoms with Crippen LogP contribution in [0.5, 0.6) is 0 Å². The first-order valence-corrected chi connectivity index (χ1v) is 7.72. The van der Waals surface area contributed by atoms with Crippen LogP contribution in [0, 0.1) is 5.92 Å². The first-order valence-electron chi connectivity index (χ1n) is 7.72. The third-order valence-corrected chi connectivity index (χ3v) is 4.88. The van der Waals surface area contributed by atoms with Crippen LogP contribution in [-0.2, 0) is 10.2 Å². The lowest BCUT2D eigenvalue weighted by atomic mass is 9.87. The van der Waals surface area contributed by atoms with Crippen LogP contribution in [0.1, 0.15) is 44.1 Å². The van der Waals surface area contributed by atoms with Crippen molar-refractivity contribution in [3.63, 3.8) is 0 Å². The van der Waals surface area contributed by atoms with E-state index < -0.39 is 0 Å². The summed E-state index contributed by atoms with van der Waals surface area (Å²) in [6, 6.07) is 10.1. The fourth-order valence-corrected chi connectivity index (χ4v) is 3.28. The Hall–Kier alpha value is -1.35. The number of carbonyl (C=O) groups is 1. The summed E-state index contributed by atoms with van der Waals surface area (Å²) in [6.07, 6.45) is 5.62. The number of aliphatic hydroxyl groups is 1. The summed E-state index contributed by atoms with van der Waals surface area (Å²) in [6.45, 7) is 0.764. The first kappa shape index (κ1) is 13.6. The highest BCUT2D eigenvalue weighted by atomic mass is 16.3. The summed E-state index contributed by atoms with van der Waals surface area (Å²) in [7, 11) is 0. The molecule has 0 aromatic heterocycles. The molecule has 2 saturated carbocycles. The molecule has 3 nitrogen and oxygen atoms in total. The molecule has 2 aliphatic carbocycles. The highest BCUT2D eigenvalue weighted by Gasteiger charge is 2.51. The topological polar surface area (TPSA) is 49.3 Å². The van der Waals surface area contributed by atoms with Crippen LogP contribution < -0.4 is 5.32 Å². The lowest BCUT2D eigenvalue weighted by molar-refractivity contribution is -0.123. The van der Waals surface area contributed by atoms with Gasteiger partial charge in [0.15, 0.2) is 0 Å². The zero-order chi connectivity index (χ0) is 14.0. The molecule has 108 valence electrons. The maximum atomic E-state index is 12.5.